The Morgan fingerprint density at radius 1 is 1.16 bits per heavy atom. The molecule has 0 aliphatic rings. The first-order valence-electron chi connectivity index (χ1n) is 6.57. The fourth-order valence-corrected chi connectivity index (χ4v) is 1.93. The topological polar surface area (TPSA) is 41.0 Å². The van der Waals surface area contributed by atoms with Gasteiger partial charge in [-0.3, -0.25) is 4.98 Å². The van der Waals surface area contributed by atoms with Gasteiger partial charge >= 0.3 is 0 Å². The van der Waals surface area contributed by atoms with E-state index in [-0.39, 0.29) is 0 Å². The van der Waals surface area contributed by atoms with Gasteiger partial charge in [-0.15, -0.1) is 0 Å². The SMILES string of the molecule is CN(CCCNc1cnccn1)Cc1ccccc1. The van der Waals surface area contributed by atoms with E-state index in [9.17, 15) is 0 Å². The molecule has 0 aliphatic carbocycles. The fraction of sp³-hybridized carbons (Fsp3) is 0.333. The van der Waals surface area contributed by atoms with Crippen LogP contribution >= 0.6 is 0 Å². The lowest BCUT2D eigenvalue weighted by Gasteiger charge is -2.16. The standard InChI is InChI=1S/C15H20N4/c1-19(13-14-6-3-2-4-7-14)11-5-8-17-15-12-16-9-10-18-15/h2-4,6-7,9-10,12H,5,8,11,13H2,1H3,(H,17,18). The molecule has 19 heavy (non-hydrogen) atoms. The minimum Gasteiger partial charge on any atom is -0.369 e. The van der Waals surface area contributed by atoms with Crippen molar-refractivity contribution in [1.29, 1.82) is 0 Å². The normalized spacial score (nSPS) is 10.6. The summed E-state index contributed by atoms with van der Waals surface area (Å²) in [6.07, 6.45) is 6.20. The molecule has 4 heteroatoms. The van der Waals surface area contributed by atoms with Crippen LogP contribution in [0.3, 0.4) is 0 Å². The van der Waals surface area contributed by atoms with Crippen LogP contribution in [0, 0.1) is 0 Å². The molecule has 1 aromatic carbocycles. The molecule has 0 radical (unpaired) electrons. The van der Waals surface area contributed by atoms with Crippen LogP contribution in [-0.2, 0) is 6.54 Å². The Balaban J connectivity index is 1.63. The highest BCUT2D eigenvalue weighted by Crippen LogP contribution is 2.03. The Morgan fingerprint density at radius 2 is 2.00 bits per heavy atom. The van der Waals surface area contributed by atoms with Gasteiger partial charge in [0.05, 0.1) is 6.20 Å². The molecular formula is C15H20N4. The van der Waals surface area contributed by atoms with Gasteiger partial charge in [-0.2, -0.15) is 0 Å². The number of hydrogen-bond acceptors (Lipinski definition) is 4. The lowest BCUT2D eigenvalue weighted by molar-refractivity contribution is 0.325. The highest BCUT2D eigenvalue weighted by atomic mass is 15.1. The van der Waals surface area contributed by atoms with E-state index in [0.717, 1.165) is 31.9 Å². The third-order valence-corrected chi connectivity index (χ3v) is 2.88. The van der Waals surface area contributed by atoms with E-state index in [1.807, 2.05) is 6.07 Å². The maximum atomic E-state index is 4.18. The zero-order chi connectivity index (χ0) is 13.3. The van der Waals surface area contributed by atoms with Crippen LogP contribution in [0.15, 0.2) is 48.9 Å². The third kappa shape index (κ3) is 5.06. The lowest BCUT2D eigenvalue weighted by Crippen LogP contribution is -2.21. The first kappa shape index (κ1) is 13.5. The van der Waals surface area contributed by atoms with Crippen LogP contribution in [0.2, 0.25) is 0 Å². The molecule has 0 amide bonds. The highest BCUT2D eigenvalue weighted by molar-refractivity contribution is 5.29. The fourth-order valence-electron chi connectivity index (χ4n) is 1.93. The van der Waals surface area contributed by atoms with Crippen molar-refractivity contribution in [2.45, 2.75) is 13.0 Å². The number of nitrogens with one attached hydrogen (secondary N) is 1. The van der Waals surface area contributed by atoms with Gasteiger partial charge in [0.25, 0.3) is 0 Å². The molecule has 2 aromatic rings. The van der Waals surface area contributed by atoms with Crippen LogP contribution < -0.4 is 5.32 Å². The lowest BCUT2D eigenvalue weighted by atomic mass is 10.2. The van der Waals surface area contributed by atoms with Crippen molar-refractivity contribution in [2.24, 2.45) is 0 Å². The van der Waals surface area contributed by atoms with Crippen molar-refractivity contribution >= 4 is 5.82 Å². The number of anilines is 1. The molecule has 1 heterocycles. The van der Waals surface area contributed by atoms with Gasteiger partial charge in [0.1, 0.15) is 5.82 Å². The maximum Gasteiger partial charge on any atom is 0.144 e. The number of hydrogen-bond donors (Lipinski definition) is 1. The Bertz CT molecular complexity index is 458. The second-order valence-electron chi connectivity index (χ2n) is 4.59. The van der Waals surface area contributed by atoms with E-state index < -0.39 is 0 Å². The molecule has 1 aromatic heterocycles. The second-order valence-corrected chi connectivity index (χ2v) is 4.59. The van der Waals surface area contributed by atoms with E-state index in [2.05, 4.69) is 51.5 Å². The number of benzene rings is 1. The molecule has 0 saturated heterocycles. The summed E-state index contributed by atoms with van der Waals surface area (Å²) in [6.45, 7) is 2.96. The second kappa shape index (κ2) is 7.48. The van der Waals surface area contributed by atoms with Crippen molar-refractivity contribution in [2.75, 3.05) is 25.5 Å². The molecule has 0 bridgehead atoms. The summed E-state index contributed by atoms with van der Waals surface area (Å²) >= 11 is 0. The minimum absolute atomic E-state index is 0.841. The van der Waals surface area contributed by atoms with Gasteiger partial charge in [-0.1, -0.05) is 30.3 Å². The van der Waals surface area contributed by atoms with Gasteiger partial charge in [0.2, 0.25) is 0 Å². The Labute approximate surface area is 114 Å². The van der Waals surface area contributed by atoms with E-state index in [1.165, 1.54) is 5.56 Å². The molecular weight excluding hydrogens is 236 g/mol. The molecule has 0 saturated carbocycles. The summed E-state index contributed by atoms with van der Waals surface area (Å²) in [5.74, 6) is 0.841. The van der Waals surface area contributed by atoms with Gasteiger partial charge in [-0.05, 0) is 25.6 Å². The largest absolute Gasteiger partial charge is 0.369 e. The van der Waals surface area contributed by atoms with Crippen LogP contribution in [0.1, 0.15) is 12.0 Å². The number of aromatic nitrogens is 2. The zero-order valence-electron chi connectivity index (χ0n) is 11.3. The van der Waals surface area contributed by atoms with E-state index in [1.54, 1.807) is 18.6 Å². The summed E-state index contributed by atoms with van der Waals surface area (Å²) in [4.78, 5) is 10.5. The Morgan fingerprint density at radius 3 is 2.74 bits per heavy atom. The van der Waals surface area contributed by atoms with E-state index in [0.29, 0.717) is 0 Å². The summed E-state index contributed by atoms with van der Waals surface area (Å²) in [6, 6.07) is 10.5. The average molecular weight is 256 g/mol. The summed E-state index contributed by atoms with van der Waals surface area (Å²) in [5, 5.41) is 3.26. The van der Waals surface area contributed by atoms with Crippen molar-refractivity contribution in [3.63, 3.8) is 0 Å². The molecule has 1 N–H and O–H groups in total. The first-order chi connectivity index (χ1) is 9.34. The summed E-state index contributed by atoms with van der Waals surface area (Å²) in [7, 11) is 2.15. The Kier molecular flexibility index (Phi) is 5.31. The van der Waals surface area contributed by atoms with Crippen molar-refractivity contribution in [3.8, 4) is 0 Å². The van der Waals surface area contributed by atoms with Crippen molar-refractivity contribution < 1.29 is 0 Å². The van der Waals surface area contributed by atoms with E-state index >= 15 is 0 Å². The average Bonchev–Trinajstić information content (AvgIpc) is 2.46. The molecule has 100 valence electrons. The molecule has 4 nitrogen and oxygen atoms in total. The van der Waals surface area contributed by atoms with E-state index in [4.69, 9.17) is 0 Å². The molecule has 2 rings (SSSR count). The zero-order valence-corrected chi connectivity index (χ0v) is 11.3. The van der Waals surface area contributed by atoms with Crippen molar-refractivity contribution in [1.82, 2.24) is 14.9 Å². The summed E-state index contributed by atoms with van der Waals surface area (Å²) in [5.41, 5.74) is 1.35. The monoisotopic (exact) mass is 256 g/mol. The quantitative estimate of drug-likeness (QED) is 0.772. The van der Waals surface area contributed by atoms with Crippen LogP contribution in [-0.4, -0.2) is 35.0 Å². The molecule has 0 atom stereocenters. The van der Waals surface area contributed by atoms with Crippen LogP contribution in [0.25, 0.3) is 0 Å². The van der Waals surface area contributed by atoms with Gasteiger partial charge in [0.15, 0.2) is 0 Å². The molecule has 0 aliphatic heterocycles. The third-order valence-electron chi connectivity index (χ3n) is 2.88. The summed E-state index contributed by atoms with van der Waals surface area (Å²) < 4.78 is 0. The Hall–Kier alpha value is -1.94. The predicted octanol–water partition coefficient (Wildman–Crippen LogP) is 2.41. The van der Waals surface area contributed by atoms with Gasteiger partial charge in [0, 0.05) is 25.5 Å². The van der Waals surface area contributed by atoms with Crippen LogP contribution in [0.4, 0.5) is 5.82 Å². The molecule has 0 fully saturated rings. The van der Waals surface area contributed by atoms with Crippen molar-refractivity contribution in [3.05, 3.63) is 54.5 Å². The number of nitrogens with zero attached hydrogens (tertiary/aromatic N) is 3. The maximum absolute atomic E-state index is 4.18. The highest BCUT2D eigenvalue weighted by Gasteiger charge is 1.99. The molecule has 0 unspecified atom stereocenters. The number of rotatable bonds is 7. The van der Waals surface area contributed by atoms with Gasteiger partial charge < -0.3 is 10.2 Å². The smallest absolute Gasteiger partial charge is 0.144 e. The van der Waals surface area contributed by atoms with Crippen LogP contribution in [0.5, 0.6) is 0 Å². The predicted molar refractivity (Wildman–Crippen MR) is 77.9 cm³/mol. The minimum atomic E-state index is 0.841. The molecule has 0 spiro atoms. The first-order valence-corrected chi connectivity index (χ1v) is 6.57. The van der Waals surface area contributed by atoms with Gasteiger partial charge in [-0.25, -0.2) is 4.98 Å².